The van der Waals surface area contributed by atoms with Crippen molar-refractivity contribution in [3.8, 4) is 0 Å². The summed E-state index contributed by atoms with van der Waals surface area (Å²) in [5.74, 6) is -0.321. The van der Waals surface area contributed by atoms with Crippen molar-refractivity contribution >= 4 is 52.0 Å². The smallest absolute Gasteiger partial charge is 0.323 e. The first-order valence-electron chi connectivity index (χ1n) is 6.78. The first kappa shape index (κ1) is 16.2. The van der Waals surface area contributed by atoms with Gasteiger partial charge in [0.25, 0.3) is 0 Å². The number of thioether (sulfide) groups is 1. The lowest BCUT2D eigenvalue weighted by molar-refractivity contribution is -0.137. The summed E-state index contributed by atoms with van der Waals surface area (Å²) in [4.78, 5) is 15.7. The van der Waals surface area contributed by atoms with Gasteiger partial charge in [-0.3, -0.25) is 4.79 Å². The molecule has 4 nitrogen and oxygen atoms in total. The summed E-state index contributed by atoms with van der Waals surface area (Å²) in [6, 6.07) is 12.8. The summed E-state index contributed by atoms with van der Waals surface area (Å²) in [6.07, 6.45) is 0. The first-order valence-corrected chi connectivity index (χ1v) is 8.52. The summed E-state index contributed by atoms with van der Waals surface area (Å²) < 4.78 is 1.70. The molecule has 0 saturated heterocycles. The van der Waals surface area contributed by atoms with Gasteiger partial charge in [-0.15, -0.1) is 0 Å². The lowest BCUT2D eigenvalue weighted by Crippen LogP contribution is -2.09. The van der Waals surface area contributed by atoms with Crippen LogP contribution in [0.1, 0.15) is 5.56 Å². The number of aromatic nitrogens is 2. The molecule has 0 radical (unpaired) electrons. The predicted octanol–water partition coefficient (Wildman–Crippen LogP) is 4.72. The molecule has 0 bridgehead atoms. The number of carboxylic acids is 1. The van der Waals surface area contributed by atoms with Crippen LogP contribution < -0.4 is 0 Å². The molecule has 1 N–H and O–H groups in total. The van der Waals surface area contributed by atoms with Crippen LogP contribution in [0.2, 0.25) is 10.0 Å². The Hall–Kier alpha value is -1.69. The molecular weight excluding hydrogens is 355 g/mol. The summed E-state index contributed by atoms with van der Waals surface area (Å²) >= 11 is 13.5. The highest BCUT2D eigenvalue weighted by atomic mass is 35.5. The Morgan fingerprint density at radius 2 is 2.00 bits per heavy atom. The fraction of sp³-hybridized carbons (Fsp3) is 0.125. The second-order valence-corrected chi connectivity index (χ2v) is 6.67. The largest absolute Gasteiger partial charge is 0.480 e. The molecule has 0 aliphatic heterocycles. The molecule has 0 fully saturated rings. The highest BCUT2D eigenvalue weighted by Gasteiger charge is 2.14. The second-order valence-electron chi connectivity index (χ2n) is 4.89. The average molecular weight is 367 g/mol. The van der Waals surface area contributed by atoms with Crippen molar-refractivity contribution in [1.82, 2.24) is 9.55 Å². The van der Waals surface area contributed by atoms with Crippen LogP contribution in [0.15, 0.2) is 47.6 Å². The number of fused-ring (bicyclic) bond motifs is 1. The van der Waals surface area contributed by atoms with E-state index in [-0.39, 0.29) is 6.54 Å². The summed E-state index contributed by atoms with van der Waals surface area (Å²) in [5, 5.41) is 11.0. The molecule has 1 aromatic heterocycles. The molecule has 0 spiro atoms. The third-order valence-electron chi connectivity index (χ3n) is 3.28. The molecule has 0 saturated carbocycles. The zero-order valence-corrected chi connectivity index (χ0v) is 14.2. The van der Waals surface area contributed by atoms with Gasteiger partial charge < -0.3 is 9.67 Å². The van der Waals surface area contributed by atoms with Gasteiger partial charge in [-0.1, -0.05) is 53.2 Å². The minimum absolute atomic E-state index is 0.128. The molecule has 0 atom stereocenters. The Balaban J connectivity index is 1.91. The normalized spacial score (nSPS) is 11.0. The van der Waals surface area contributed by atoms with Crippen molar-refractivity contribution in [1.29, 1.82) is 0 Å². The number of imidazole rings is 1. The van der Waals surface area contributed by atoms with Crippen molar-refractivity contribution in [2.45, 2.75) is 17.5 Å². The molecule has 3 rings (SSSR count). The second kappa shape index (κ2) is 6.83. The Labute approximate surface area is 147 Å². The number of halogens is 2. The van der Waals surface area contributed by atoms with Crippen molar-refractivity contribution < 1.29 is 9.90 Å². The maximum atomic E-state index is 11.1. The van der Waals surface area contributed by atoms with E-state index in [1.807, 2.05) is 30.3 Å². The Morgan fingerprint density at radius 1 is 1.22 bits per heavy atom. The molecule has 0 amide bonds. The molecule has 23 heavy (non-hydrogen) atoms. The van der Waals surface area contributed by atoms with Crippen LogP contribution in [0, 0.1) is 0 Å². The van der Waals surface area contributed by atoms with Crippen molar-refractivity contribution in [3.63, 3.8) is 0 Å². The maximum absolute atomic E-state index is 11.1. The van der Waals surface area contributed by atoms with E-state index in [4.69, 9.17) is 28.3 Å². The molecule has 0 aliphatic carbocycles. The Morgan fingerprint density at radius 3 is 2.74 bits per heavy atom. The van der Waals surface area contributed by atoms with E-state index in [0.29, 0.717) is 21.0 Å². The minimum atomic E-state index is -0.903. The molecule has 7 heteroatoms. The number of para-hydroxylation sites is 2. The van der Waals surface area contributed by atoms with E-state index in [1.165, 1.54) is 11.8 Å². The molecule has 118 valence electrons. The molecular formula is C16H12Cl2N2O2S. The molecule has 0 aliphatic rings. The maximum Gasteiger partial charge on any atom is 0.323 e. The van der Waals surface area contributed by atoms with Gasteiger partial charge >= 0.3 is 5.97 Å². The molecule has 2 aromatic carbocycles. The third kappa shape index (κ3) is 3.63. The number of hydrogen-bond donors (Lipinski definition) is 1. The van der Waals surface area contributed by atoms with Gasteiger partial charge in [0.15, 0.2) is 5.16 Å². The first-order chi connectivity index (χ1) is 11.0. The SMILES string of the molecule is O=C(O)Cn1c(SCc2ccc(Cl)cc2Cl)nc2ccccc21. The molecule has 0 unspecified atom stereocenters. The lowest BCUT2D eigenvalue weighted by Gasteiger charge is -2.07. The molecule has 1 heterocycles. The van der Waals surface area contributed by atoms with Gasteiger partial charge in [-0.25, -0.2) is 4.98 Å². The monoisotopic (exact) mass is 366 g/mol. The summed E-state index contributed by atoms with van der Waals surface area (Å²) in [7, 11) is 0. The van der Waals surface area contributed by atoms with Crippen LogP contribution in [0.4, 0.5) is 0 Å². The fourth-order valence-electron chi connectivity index (χ4n) is 2.23. The number of aliphatic carboxylic acids is 1. The van der Waals surface area contributed by atoms with Gasteiger partial charge in [0, 0.05) is 15.8 Å². The summed E-state index contributed by atoms with van der Waals surface area (Å²) in [5.41, 5.74) is 2.51. The van der Waals surface area contributed by atoms with E-state index in [2.05, 4.69) is 4.98 Å². The van der Waals surface area contributed by atoms with Gasteiger partial charge in [0.1, 0.15) is 6.54 Å². The van der Waals surface area contributed by atoms with E-state index in [0.717, 1.165) is 16.6 Å². The van der Waals surface area contributed by atoms with Crippen LogP contribution >= 0.6 is 35.0 Å². The van der Waals surface area contributed by atoms with Crippen LogP contribution in [-0.4, -0.2) is 20.6 Å². The highest BCUT2D eigenvalue weighted by molar-refractivity contribution is 7.98. The fourth-order valence-corrected chi connectivity index (χ4v) is 3.81. The number of rotatable bonds is 5. The quantitative estimate of drug-likeness (QED) is 0.663. The van der Waals surface area contributed by atoms with Crippen LogP contribution in [0.25, 0.3) is 11.0 Å². The lowest BCUT2D eigenvalue weighted by atomic mass is 10.2. The zero-order chi connectivity index (χ0) is 16.4. The van der Waals surface area contributed by atoms with Gasteiger partial charge in [0.2, 0.25) is 0 Å². The average Bonchev–Trinajstić information content (AvgIpc) is 2.84. The Bertz CT molecular complexity index is 880. The van der Waals surface area contributed by atoms with Crippen molar-refractivity contribution in [3.05, 3.63) is 58.1 Å². The van der Waals surface area contributed by atoms with Gasteiger partial charge in [-0.2, -0.15) is 0 Å². The number of carbonyl (C=O) groups is 1. The van der Waals surface area contributed by atoms with E-state index in [9.17, 15) is 4.79 Å². The van der Waals surface area contributed by atoms with Gasteiger partial charge in [0.05, 0.1) is 11.0 Å². The molecule has 3 aromatic rings. The number of hydrogen-bond acceptors (Lipinski definition) is 3. The number of nitrogens with zero attached hydrogens (tertiary/aromatic N) is 2. The Kier molecular flexibility index (Phi) is 4.80. The highest BCUT2D eigenvalue weighted by Crippen LogP contribution is 2.30. The predicted molar refractivity (Wildman–Crippen MR) is 93.4 cm³/mol. The van der Waals surface area contributed by atoms with Crippen LogP contribution in [0.5, 0.6) is 0 Å². The van der Waals surface area contributed by atoms with E-state index < -0.39 is 5.97 Å². The minimum Gasteiger partial charge on any atom is -0.480 e. The van der Waals surface area contributed by atoms with Crippen molar-refractivity contribution in [2.24, 2.45) is 0 Å². The van der Waals surface area contributed by atoms with Crippen molar-refractivity contribution in [2.75, 3.05) is 0 Å². The summed E-state index contributed by atoms with van der Waals surface area (Å²) in [6.45, 7) is -0.128. The standard InChI is InChI=1S/C16H12Cl2N2O2S/c17-11-6-5-10(12(18)7-11)9-23-16-19-13-3-1-2-4-14(13)20(16)8-15(21)22/h1-7H,8-9H2,(H,21,22). The topological polar surface area (TPSA) is 55.1 Å². The van der Waals surface area contributed by atoms with Gasteiger partial charge in [-0.05, 0) is 29.8 Å². The van der Waals surface area contributed by atoms with E-state index in [1.54, 1.807) is 16.7 Å². The van der Waals surface area contributed by atoms with Crippen LogP contribution in [0.3, 0.4) is 0 Å². The number of carboxylic acid groups (broad SMARTS) is 1. The zero-order valence-electron chi connectivity index (χ0n) is 11.9. The van der Waals surface area contributed by atoms with E-state index >= 15 is 0 Å². The number of benzene rings is 2. The third-order valence-corrected chi connectivity index (χ3v) is 4.90. The van der Waals surface area contributed by atoms with Crippen LogP contribution in [-0.2, 0) is 17.1 Å².